The minimum absolute atomic E-state index is 0.222. The zero-order valence-electron chi connectivity index (χ0n) is 16.5. The molecule has 1 heterocycles. The normalized spacial score (nSPS) is 14.1. The van der Waals surface area contributed by atoms with E-state index in [1.54, 1.807) is 42.5 Å². The zero-order valence-corrected chi connectivity index (χ0v) is 17.3. The quantitative estimate of drug-likeness (QED) is 0.736. The van der Waals surface area contributed by atoms with Crippen LogP contribution in [0.5, 0.6) is 11.5 Å². The van der Waals surface area contributed by atoms with Crippen molar-refractivity contribution in [2.45, 2.75) is 32.7 Å². The highest BCUT2D eigenvalue weighted by Crippen LogP contribution is 2.32. The van der Waals surface area contributed by atoms with Gasteiger partial charge in [0.2, 0.25) is 5.91 Å². The van der Waals surface area contributed by atoms with E-state index in [0.717, 1.165) is 6.42 Å². The Morgan fingerprint density at radius 2 is 1.72 bits per heavy atom. The molecule has 2 amide bonds. The van der Waals surface area contributed by atoms with Gasteiger partial charge in [0, 0.05) is 28.8 Å². The SMILES string of the molecule is CC(C)CC(NC(=O)c1ccc(Cl)cc1)C(=O)Nc1ccc2c(c1)OCCCO2. The third-order valence-corrected chi connectivity index (χ3v) is 4.70. The number of carbonyl (C=O) groups is 2. The van der Waals surface area contributed by atoms with Gasteiger partial charge in [0.25, 0.3) is 5.91 Å². The summed E-state index contributed by atoms with van der Waals surface area (Å²) in [5.74, 6) is 0.887. The van der Waals surface area contributed by atoms with Crippen LogP contribution in [0.25, 0.3) is 0 Å². The number of carbonyl (C=O) groups excluding carboxylic acids is 2. The van der Waals surface area contributed by atoms with E-state index in [2.05, 4.69) is 10.6 Å². The highest BCUT2D eigenvalue weighted by Gasteiger charge is 2.23. The van der Waals surface area contributed by atoms with Crippen LogP contribution in [0.2, 0.25) is 5.02 Å². The Kier molecular flexibility index (Phi) is 6.99. The minimum atomic E-state index is -0.672. The van der Waals surface area contributed by atoms with Crippen molar-refractivity contribution in [3.8, 4) is 11.5 Å². The Morgan fingerprint density at radius 3 is 2.41 bits per heavy atom. The first-order chi connectivity index (χ1) is 13.9. The molecular formula is C22H25ClN2O4. The topological polar surface area (TPSA) is 76.7 Å². The number of amides is 2. The van der Waals surface area contributed by atoms with E-state index in [9.17, 15) is 9.59 Å². The molecule has 0 fully saturated rings. The van der Waals surface area contributed by atoms with Gasteiger partial charge in [-0.2, -0.15) is 0 Å². The van der Waals surface area contributed by atoms with Crippen LogP contribution in [0, 0.1) is 5.92 Å². The smallest absolute Gasteiger partial charge is 0.251 e. The third kappa shape index (κ3) is 5.87. The molecule has 3 rings (SSSR count). The molecule has 1 atom stereocenters. The number of hydrogen-bond acceptors (Lipinski definition) is 4. The second-order valence-electron chi connectivity index (χ2n) is 7.36. The summed E-state index contributed by atoms with van der Waals surface area (Å²) in [4.78, 5) is 25.4. The lowest BCUT2D eigenvalue weighted by atomic mass is 10.0. The lowest BCUT2D eigenvalue weighted by Crippen LogP contribution is -2.44. The molecular weight excluding hydrogens is 392 g/mol. The molecule has 29 heavy (non-hydrogen) atoms. The van der Waals surface area contributed by atoms with Crippen LogP contribution in [0.3, 0.4) is 0 Å². The summed E-state index contributed by atoms with van der Waals surface area (Å²) in [5.41, 5.74) is 1.04. The van der Waals surface area contributed by atoms with E-state index < -0.39 is 6.04 Å². The Labute approximate surface area is 175 Å². The maximum absolute atomic E-state index is 12.9. The van der Waals surface area contributed by atoms with E-state index in [-0.39, 0.29) is 17.7 Å². The Hall–Kier alpha value is -2.73. The van der Waals surface area contributed by atoms with E-state index in [1.165, 1.54) is 0 Å². The molecule has 1 aliphatic heterocycles. The van der Waals surface area contributed by atoms with Crippen LogP contribution in [0.15, 0.2) is 42.5 Å². The lowest BCUT2D eigenvalue weighted by Gasteiger charge is -2.20. The van der Waals surface area contributed by atoms with Gasteiger partial charge < -0.3 is 20.1 Å². The average Bonchev–Trinajstić information content (AvgIpc) is 2.92. The summed E-state index contributed by atoms with van der Waals surface area (Å²) in [7, 11) is 0. The summed E-state index contributed by atoms with van der Waals surface area (Å²) in [6.07, 6.45) is 1.32. The largest absolute Gasteiger partial charge is 0.490 e. The van der Waals surface area contributed by atoms with Crippen molar-refractivity contribution in [1.29, 1.82) is 0 Å². The van der Waals surface area contributed by atoms with Gasteiger partial charge in [0.15, 0.2) is 11.5 Å². The fraction of sp³-hybridized carbons (Fsp3) is 0.364. The molecule has 0 spiro atoms. The van der Waals surface area contributed by atoms with Crippen LogP contribution in [-0.4, -0.2) is 31.1 Å². The standard InChI is InChI=1S/C22H25ClN2O4/c1-14(2)12-18(25-21(26)15-4-6-16(23)7-5-15)22(27)24-17-8-9-19-20(13-17)29-11-3-10-28-19/h4-9,13-14,18H,3,10-12H2,1-2H3,(H,24,27)(H,25,26). The first kappa shape index (κ1) is 21.0. The number of halogens is 1. The summed E-state index contributed by atoms with van der Waals surface area (Å²) in [6.45, 7) is 5.17. The van der Waals surface area contributed by atoms with Gasteiger partial charge in [-0.15, -0.1) is 0 Å². The van der Waals surface area contributed by atoms with Gasteiger partial charge in [0.1, 0.15) is 6.04 Å². The van der Waals surface area contributed by atoms with Crippen LogP contribution in [0.4, 0.5) is 5.69 Å². The average molecular weight is 417 g/mol. The first-order valence-corrected chi connectivity index (χ1v) is 10.1. The lowest BCUT2D eigenvalue weighted by molar-refractivity contribution is -0.118. The molecule has 0 bridgehead atoms. The van der Waals surface area contributed by atoms with E-state index in [1.807, 2.05) is 13.8 Å². The van der Waals surface area contributed by atoms with Crippen molar-refractivity contribution in [1.82, 2.24) is 5.32 Å². The molecule has 2 aromatic carbocycles. The summed E-state index contributed by atoms with van der Waals surface area (Å²) >= 11 is 5.88. The fourth-order valence-electron chi connectivity index (χ4n) is 3.02. The van der Waals surface area contributed by atoms with Crippen molar-refractivity contribution in [2.24, 2.45) is 5.92 Å². The number of benzene rings is 2. The molecule has 0 saturated carbocycles. The van der Waals surface area contributed by atoms with Crippen LogP contribution in [0.1, 0.15) is 37.0 Å². The molecule has 1 unspecified atom stereocenters. The zero-order chi connectivity index (χ0) is 20.8. The number of hydrogen-bond donors (Lipinski definition) is 2. The predicted molar refractivity (Wildman–Crippen MR) is 113 cm³/mol. The molecule has 1 aliphatic rings. The maximum atomic E-state index is 12.9. The highest BCUT2D eigenvalue weighted by molar-refractivity contribution is 6.30. The fourth-order valence-corrected chi connectivity index (χ4v) is 3.14. The van der Waals surface area contributed by atoms with E-state index in [4.69, 9.17) is 21.1 Å². The molecule has 6 nitrogen and oxygen atoms in total. The van der Waals surface area contributed by atoms with Crippen molar-refractivity contribution in [2.75, 3.05) is 18.5 Å². The Balaban J connectivity index is 1.71. The Bertz CT molecular complexity index is 868. The monoisotopic (exact) mass is 416 g/mol. The van der Waals surface area contributed by atoms with Crippen molar-refractivity contribution >= 4 is 29.1 Å². The summed E-state index contributed by atoms with van der Waals surface area (Å²) < 4.78 is 11.3. The maximum Gasteiger partial charge on any atom is 0.251 e. The van der Waals surface area contributed by atoms with Crippen molar-refractivity contribution < 1.29 is 19.1 Å². The molecule has 0 aromatic heterocycles. The first-order valence-electron chi connectivity index (χ1n) is 9.69. The van der Waals surface area contributed by atoms with E-state index in [0.29, 0.717) is 47.4 Å². The minimum Gasteiger partial charge on any atom is -0.490 e. The molecule has 0 radical (unpaired) electrons. The van der Waals surface area contributed by atoms with Crippen LogP contribution < -0.4 is 20.1 Å². The number of ether oxygens (including phenoxy) is 2. The van der Waals surface area contributed by atoms with E-state index >= 15 is 0 Å². The van der Waals surface area contributed by atoms with Crippen LogP contribution >= 0.6 is 11.6 Å². The highest BCUT2D eigenvalue weighted by atomic mass is 35.5. The molecule has 0 aliphatic carbocycles. The summed E-state index contributed by atoms with van der Waals surface area (Å²) in [6, 6.07) is 11.2. The third-order valence-electron chi connectivity index (χ3n) is 4.45. The number of rotatable bonds is 6. The second-order valence-corrected chi connectivity index (χ2v) is 7.80. The van der Waals surface area contributed by atoms with Gasteiger partial charge in [0.05, 0.1) is 13.2 Å². The van der Waals surface area contributed by atoms with Gasteiger partial charge in [-0.1, -0.05) is 25.4 Å². The Morgan fingerprint density at radius 1 is 1.03 bits per heavy atom. The van der Waals surface area contributed by atoms with Gasteiger partial charge in [-0.25, -0.2) is 0 Å². The predicted octanol–water partition coefficient (Wildman–Crippen LogP) is 4.28. The van der Waals surface area contributed by atoms with Crippen LogP contribution in [-0.2, 0) is 4.79 Å². The van der Waals surface area contributed by atoms with Gasteiger partial charge in [-0.3, -0.25) is 9.59 Å². The number of anilines is 1. The molecule has 0 saturated heterocycles. The molecule has 2 N–H and O–H groups in total. The van der Waals surface area contributed by atoms with Gasteiger partial charge >= 0.3 is 0 Å². The van der Waals surface area contributed by atoms with Gasteiger partial charge in [-0.05, 0) is 48.7 Å². The van der Waals surface area contributed by atoms with Crippen molar-refractivity contribution in [3.63, 3.8) is 0 Å². The van der Waals surface area contributed by atoms with Crippen molar-refractivity contribution in [3.05, 3.63) is 53.1 Å². The molecule has 154 valence electrons. The summed E-state index contributed by atoms with van der Waals surface area (Å²) in [5, 5.41) is 6.25. The number of nitrogens with one attached hydrogen (secondary N) is 2. The number of fused-ring (bicyclic) bond motifs is 1. The molecule has 7 heteroatoms. The second kappa shape index (κ2) is 9.65. The molecule has 2 aromatic rings.